The van der Waals surface area contributed by atoms with Gasteiger partial charge in [-0.3, -0.25) is 0 Å². The molecule has 0 saturated heterocycles. The number of benzene rings is 9. The maximum absolute atomic E-state index is 2.62. The highest BCUT2D eigenvalue weighted by Gasteiger charge is 2.39. The molecule has 0 amide bonds. The van der Waals surface area contributed by atoms with Crippen LogP contribution in [-0.2, 0) is 36.5 Å². The number of fused-ring (bicyclic) bond motifs is 8. The van der Waals surface area contributed by atoms with Crippen molar-refractivity contribution in [1.29, 1.82) is 0 Å². The molecule has 0 unspecified atom stereocenters. The van der Waals surface area contributed by atoms with E-state index in [1.165, 1.54) is 113 Å². The predicted molar refractivity (Wildman–Crippen MR) is 294 cm³/mol. The molecule has 9 aromatic carbocycles. The van der Waals surface area contributed by atoms with Crippen LogP contribution in [0.4, 0.5) is 68.2 Å². The summed E-state index contributed by atoms with van der Waals surface area (Å²) >= 11 is 0. The molecule has 0 spiro atoms. The lowest BCUT2D eigenvalue weighted by molar-refractivity contribution is 0.590. The van der Waals surface area contributed by atoms with Crippen LogP contribution < -0.4 is 19.6 Å². The second-order valence-corrected chi connectivity index (χ2v) is 21.8. The molecule has 9 aromatic rings. The van der Waals surface area contributed by atoms with Crippen molar-refractivity contribution in [2.45, 2.75) is 78.1 Å². The van der Waals surface area contributed by atoms with Crippen LogP contribution in [0.15, 0.2) is 194 Å². The van der Waals surface area contributed by atoms with Gasteiger partial charge < -0.3 is 19.6 Å². The predicted octanol–water partition coefficient (Wildman–Crippen LogP) is 17.8. The highest BCUT2D eigenvalue weighted by Crippen LogP contribution is 2.59. The highest BCUT2D eigenvalue weighted by molar-refractivity contribution is 5.98. The van der Waals surface area contributed by atoms with E-state index in [1.807, 2.05) is 0 Å². The van der Waals surface area contributed by atoms with Gasteiger partial charge in [-0.05, 0) is 140 Å². The summed E-state index contributed by atoms with van der Waals surface area (Å²) in [6.45, 7) is 13.7. The Labute approximate surface area is 413 Å². The zero-order chi connectivity index (χ0) is 47.5. The maximum Gasteiger partial charge on any atom is 0.0553 e. The van der Waals surface area contributed by atoms with Crippen LogP contribution in [0.25, 0.3) is 0 Å². The van der Waals surface area contributed by atoms with Crippen molar-refractivity contribution in [1.82, 2.24) is 0 Å². The summed E-state index contributed by atoms with van der Waals surface area (Å²) in [5.74, 6) is 0. The summed E-state index contributed by atoms with van der Waals surface area (Å²) in [5.41, 5.74) is 28.6. The van der Waals surface area contributed by atoms with Crippen molar-refractivity contribution in [2.75, 3.05) is 19.6 Å². The number of nitrogens with zero attached hydrogens (tertiary/aromatic N) is 4. The molecule has 4 aliphatic rings. The van der Waals surface area contributed by atoms with Gasteiger partial charge >= 0.3 is 0 Å². The van der Waals surface area contributed by atoms with E-state index in [4.69, 9.17) is 0 Å². The molecule has 0 saturated carbocycles. The first-order valence-corrected chi connectivity index (χ1v) is 25.1. The summed E-state index contributed by atoms with van der Waals surface area (Å²) in [7, 11) is 0. The molecule has 0 bridgehead atoms. The van der Waals surface area contributed by atoms with Gasteiger partial charge in [0.05, 0.1) is 34.1 Å². The van der Waals surface area contributed by atoms with Crippen LogP contribution in [0.2, 0.25) is 0 Å². The van der Waals surface area contributed by atoms with Crippen LogP contribution in [0.1, 0.15) is 97.2 Å². The summed E-state index contributed by atoms with van der Waals surface area (Å²) in [6.07, 6.45) is 3.44. The SMILES string of the molecule is CC(C)(C)c1ccc(N(c2ccccc2)c2ccc3c4c2Cc2ccccc2N4c2cc4c(cc2C3)N2c3ccccc3Cc3c(N(c5ccccc5)c5ccc(C(C)(C)C)cc5)ccc(c32)C4)cc1. The number of anilines is 12. The van der Waals surface area contributed by atoms with Crippen LogP contribution in [0.5, 0.6) is 0 Å². The Morgan fingerprint density at radius 2 is 0.671 bits per heavy atom. The number of hydrogen-bond acceptors (Lipinski definition) is 4. The van der Waals surface area contributed by atoms with Crippen molar-refractivity contribution >= 4 is 68.2 Å². The smallest absolute Gasteiger partial charge is 0.0553 e. The largest absolute Gasteiger partial charge is 0.310 e. The lowest BCUT2D eigenvalue weighted by atomic mass is 9.81. The Morgan fingerprint density at radius 3 is 1.06 bits per heavy atom. The van der Waals surface area contributed by atoms with Crippen molar-refractivity contribution < 1.29 is 0 Å². The first-order valence-electron chi connectivity index (χ1n) is 25.1. The molecule has 0 atom stereocenters. The van der Waals surface area contributed by atoms with E-state index in [2.05, 4.69) is 255 Å². The fourth-order valence-electron chi connectivity index (χ4n) is 11.8. The Morgan fingerprint density at radius 1 is 0.314 bits per heavy atom. The zero-order valence-corrected chi connectivity index (χ0v) is 41.1. The Hall–Kier alpha value is -7.82. The number of para-hydroxylation sites is 4. The molecule has 4 nitrogen and oxygen atoms in total. The van der Waals surface area contributed by atoms with Crippen molar-refractivity contribution in [2.24, 2.45) is 0 Å². The monoisotopic (exact) mass is 906 g/mol. The third-order valence-corrected chi connectivity index (χ3v) is 15.3. The third-order valence-electron chi connectivity index (χ3n) is 15.3. The average molecular weight is 907 g/mol. The molecular weight excluding hydrogens is 849 g/mol. The molecule has 0 fully saturated rings. The molecule has 13 rings (SSSR count). The topological polar surface area (TPSA) is 13.0 Å². The first-order chi connectivity index (χ1) is 34.0. The lowest BCUT2D eigenvalue weighted by Gasteiger charge is -2.44. The minimum absolute atomic E-state index is 0.0678. The second-order valence-electron chi connectivity index (χ2n) is 21.8. The van der Waals surface area contributed by atoms with Gasteiger partial charge in [-0.1, -0.05) is 151 Å². The lowest BCUT2D eigenvalue weighted by Crippen LogP contribution is -2.29. The van der Waals surface area contributed by atoms with E-state index in [-0.39, 0.29) is 10.8 Å². The summed E-state index contributed by atoms with van der Waals surface area (Å²) < 4.78 is 0. The normalized spacial score (nSPS) is 13.9. The minimum Gasteiger partial charge on any atom is -0.310 e. The number of hydrogen-bond donors (Lipinski definition) is 0. The maximum atomic E-state index is 2.62. The highest BCUT2D eigenvalue weighted by atomic mass is 15.2. The first kappa shape index (κ1) is 42.3. The molecule has 4 heterocycles. The third kappa shape index (κ3) is 6.79. The van der Waals surface area contributed by atoms with E-state index in [0.29, 0.717) is 0 Å². The molecule has 0 aromatic heterocycles. The van der Waals surface area contributed by atoms with E-state index in [9.17, 15) is 0 Å². The zero-order valence-electron chi connectivity index (χ0n) is 41.1. The molecule has 0 radical (unpaired) electrons. The molecule has 4 aliphatic heterocycles. The summed E-state index contributed by atoms with van der Waals surface area (Å²) in [4.78, 5) is 10.2. The minimum atomic E-state index is 0.0678. The van der Waals surface area contributed by atoms with Crippen LogP contribution in [0, 0.1) is 0 Å². The van der Waals surface area contributed by atoms with Crippen LogP contribution in [0.3, 0.4) is 0 Å². The van der Waals surface area contributed by atoms with Crippen LogP contribution in [-0.4, -0.2) is 0 Å². The Balaban J connectivity index is 0.969. The molecular formula is C66H58N4. The second kappa shape index (κ2) is 15.9. The van der Waals surface area contributed by atoms with Gasteiger partial charge in [0.2, 0.25) is 0 Å². The van der Waals surface area contributed by atoms with Gasteiger partial charge in [-0.2, -0.15) is 0 Å². The van der Waals surface area contributed by atoms with E-state index in [0.717, 1.165) is 37.1 Å². The van der Waals surface area contributed by atoms with Gasteiger partial charge in [-0.25, -0.2) is 0 Å². The van der Waals surface area contributed by atoms with Crippen molar-refractivity contribution in [3.8, 4) is 0 Å². The molecule has 0 aliphatic carbocycles. The van der Waals surface area contributed by atoms with Gasteiger partial charge in [0.1, 0.15) is 0 Å². The van der Waals surface area contributed by atoms with E-state index in [1.54, 1.807) is 0 Å². The van der Waals surface area contributed by atoms with Gasteiger partial charge in [-0.15, -0.1) is 0 Å². The van der Waals surface area contributed by atoms with Gasteiger partial charge in [0.15, 0.2) is 0 Å². The van der Waals surface area contributed by atoms with Crippen LogP contribution >= 0.6 is 0 Å². The molecule has 342 valence electrons. The Kier molecular flexibility index (Phi) is 9.59. The standard InChI is InChI=1S/C66H58N4/c1-65(2,3)49-27-31-53(32-28-49)67(51-19-9-7-10-20-51)59-35-25-45-37-47-42-62-48(41-61(47)69-57-23-15-13-17-43(57)39-55(59)63(45)69)38-46-26-36-60(56-40-44-18-14-16-24-58(44)70(62)64(46)56)68(52-21-11-8-12-22-52)54-33-29-50(30-34-54)66(4,5)6/h7-36,41-42H,37-40H2,1-6H3. The van der Waals surface area contributed by atoms with Gasteiger partial charge in [0.25, 0.3) is 0 Å². The fourth-order valence-corrected chi connectivity index (χ4v) is 11.8. The van der Waals surface area contributed by atoms with E-state index >= 15 is 0 Å². The molecule has 4 heteroatoms. The fraction of sp³-hybridized carbons (Fsp3) is 0.182. The van der Waals surface area contributed by atoms with Crippen molar-refractivity contribution in [3.05, 3.63) is 250 Å². The Bertz CT molecular complexity index is 3270. The van der Waals surface area contributed by atoms with Gasteiger partial charge in [0, 0.05) is 70.9 Å². The quantitative estimate of drug-likeness (QED) is 0.165. The summed E-state index contributed by atoms with van der Waals surface area (Å²) in [6, 6.07) is 73.2. The molecule has 0 N–H and O–H groups in total. The average Bonchev–Trinajstić information content (AvgIpc) is 3.37. The number of rotatable bonds is 6. The molecule has 70 heavy (non-hydrogen) atoms. The van der Waals surface area contributed by atoms with E-state index < -0.39 is 0 Å². The summed E-state index contributed by atoms with van der Waals surface area (Å²) in [5, 5.41) is 0. The van der Waals surface area contributed by atoms with Crippen molar-refractivity contribution in [3.63, 3.8) is 0 Å².